The maximum Gasteiger partial charge on any atom is 0.335 e. The van der Waals surface area contributed by atoms with Gasteiger partial charge in [-0.3, -0.25) is 0 Å². The van der Waals surface area contributed by atoms with E-state index in [0.717, 1.165) is 0 Å². The summed E-state index contributed by atoms with van der Waals surface area (Å²) in [6.45, 7) is 0. The summed E-state index contributed by atoms with van der Waals surface area (Å²) in [5, 5.41) is 25.4. The Labute approximate surface area is 124 Å². The minimum absolute atomic E-state index is 0.178. The van der Waals surface area contributed by atoms with E-state index in [0.29, 0.717) is 16.8 Å². The third-order valence-corrected chi connectivity index (χ3v) is 2.92. The average Bonchev–Trinajstić information content (AvgIpc) is 3.05. The lowest BCUT2D eigenvalue weighted by Crippen LogP contribution is -1.94. The molecule has 2 aromatic heterocycles. The Morgan fingerprint density at radius 3 is 2.41 bits per heavy atom. The Morgan fingerprint density at radius 2 is 1.82 bits per heavy atom. The molecule has 0 spiro atoms. The van der Waals surface area contributed by atoms with Crippen molar-refractivity contribution < 1.29 is 14.3 Å². The number of aromatic carboxylic acids is 1. The van der Waals surface area contributed by atoms with Crippen LogP contribution in [0.3, 0.4) is 0 Å². The van der Waals surface area contributed by atoms with Crippen LogP contribution in [-0.2, 0) is 0 Å². The molecule has 3 aromatic rings. The van der Waals surface area contributed by atoms with Gasteiger partial charge in [-0.25, -0.2) is 9.78 Å². The highest BCUT2D eigenvalue weighted by molar-refractivity contribution is 5.88. The molecular formula is C15H8N4O3. The first-order valence-electron chi connectivity index (χ1n) is 6.21. The molecule has 7 nitrogen and oxygen atoms in total. The van der Waals surface area contributed by atoms with Gasteiger partial charge in [0.25, 0.3) is 5.89 Å². The number of nitrogens with zero attached hydrogens (tertiary/aromatic N) is 4. The van der Waals surface area contributed by atoms with Crippen LogP contribution in [0, 0.1) is 11.3 Å². The monoisotopic (exact) mass is 292 g/mol. The van der Waals surface area contributed by atoms with Gasteiger partial charge in [0.05, 0.1) is 11.1 Å². The minimum Gasteiger partial charge on any atom is -0.478 e. The first-order valence-corrected chi connectivity index (χ1v) is 6.21. The molecule has 3 rings (SSSR count). The highest BCUT2D eigenvalue weighted by atomic mass is 16.4. The Bertz CT molecular complexity index is 861. The number of pyridine rings is 1. The number of carboxylic acids is 1. The minimum atomic E-state index is -1.00. The number of carbonyl (C=O) groups is 1. The number of benzene rings is 1. The third-order valence-electron chi connectivity index (χ3n) is 2.92. The number of hydrogen-bond donors (Lipinski definition) is 1. The van der Waals surface area contributed by atoms with E-state index in [-0.39, 0.29) is 17.3 Å². The van der Waals surface area contributed by atoms with Gasteiger partial charge in [-0.05, 0) is 36.4 Å². The van der Waals surface area contributed by atoms with E-state index in [1.54, 1.807) is 24.3 Å². The van der Waals surface area contributed by atoms with Gasteiger partial charge in [0.2, 0.25) is 5.89 Å². The number of rotatable bonds is 3. The van der Waals surface area contributed by atoms with Gasteiger partial charge in [0.15, 0.2) is 0 Å². The zero-order valence-corrected chi connectivity index (χ0v) is 11.1. The number of hydrogen-bond acceptors (Lipinski definition) is 6. The van der Waals surface area contributed by atoms with Gasteiger partial charge >= 0.3 is 5.97 Å². The van der Waals surface area contributed by atoms with Crippen molar-refractivity contribution in [1.82, 2.24) is 15.2 Å². The molecule has 0 aliphatic heterocycles. The van der Waals surface area contributed by atoms with Crippen LogP contribution < -0.4 is 0 Å². The molecule has 0 bridgehead atoms. The standard InChI is InChI=1S/C15H8N4O3/c16-7-9-1-6-12(17-8-9)14-19-18-13(22-14)10-2-4-11(5-3-10)15(20)21/h1-6,8H,(H,20,21). The average molecular weight is 292 g/mol. The van der Waals surface area contributed by atoms with Crippen molar-refractivity contribution in [2.75, 3.05) is 0 Å². The van der Waals surface area contributed by atoms with E-state index in [9.17, 15) is 4.79 Å². The van der Waals surface area contributed by atoms with E-state index >= 15 is 0 Å². The molecule has 7 heteroatoms. The van der Waals surface area contributed by atoms with E-state index in [1.807, 2.05) is 6.07 Å². The van der Waals surface area contributed by atoms with Crippen molar-refractivity contribution in [1.29, 1.82) is 5.26 Å². The predicted molar refractivity (Wildman–Crippen MR) is 74.6 cm³/mol. The van der Waals surface area contributed by atoms with Crippen molar-refractivity contribution in [3.8, 4) is 29.1 Å². The molecule has 0 saturated carbocycles. The highest BCUT2D eigenvalue weighted by Gasteiger charge is 2.12. The Hall–Kier alpha value is -3.53. The van der Waals surface area contributed by atoms with Gasteiger partial charge in [-0.2, -0.15) is 5.26 Å². The summed E-state index contributed by atoms with van der Waals surface area (Å²) in [5.74, 6) is -0.514. The molecule has 2 heterocycles. The molecule has 0 aliphatic carbocycles. The normalized spacial score (nSPS) is 10.1. The maximum absolute atomic E-state index is 10.8. The number of aromatic nitrogens is 3. The second-order valence-electron chi connectivity index (χ2n) is 4.34. The molecule has 0 aliphatic rings. The smallest absolute Gasteiger partial charge is 0.335 e. The summed E-state index contributed by atoms with van der Waals surface area (Å²) in [5.41, 5.74) is 1.68. The fraction of sp³-hybridized carbons (Fsp3) is 0. The van der Waals surface area contributed by atoms with E-state index in [4.69, 9.17) is 14.8 Å². The molecule has 22 heavy (non-hydrogen) atoms. The zero-order chi connectivity index (χ0) is 15.5. The molecule has 1 aromatic carbocycles. The first kappa shape index (κ1) is 13.5. The van der Waals surface area contributed by atoms with Crippen LogP contribution in [0.2, 0.25) is 0 Å². The summed E-state index contributed by atoms with van der Waals surface area (Å²) in [6, 6.07) is 11.3. The topological polar surface area (TPSA) is 113 Å². The van der Waals surface area contributed by atoms with Crippen molar-refractivity contribution in [2.24, 2.45) is 0 Å². The Balaban J connectivity index is 1.89. The zero-order valence-electron chi connectivity index (χ0n) is 11.1. The largest absolute Gasteiger partial charge is 0.478 e. The van der Waals surface area contributed by atoms with E-state index in [1.165, 1.54) is 18.3 Å². The number of carboxylic acid groups (broad SMARTS) is 1. The summed E-state index contributed by atoms with van der Waals surface area (Å²) in [4.78, 5) is 14.9. The van der Waals surface area contributed by atoms with E-state index < -0.39 is 5.97 Å². The Morgan fingerprint density at radius 1 is 1.09 bits per heavy atom. The fourth-order valence-corrected chi connectivity index (χ4v) is 1.79. The van der Waals surface area contributed by atoms with Crippen LogP contribution >= 0.6 is 0 Å². The van der Waals surface area contributed by atoms with Crippen molar-refractivity contribution >= 4 is 5.97 Å². The molecule has 0 fully saturated rings. The molecular weight excluding hydrogens is 284 g/mol. The van der Waals surface area contributed by atoms with Crippen molar-refractivity contribution in [2.45, 2.75) is 0 Å². The van der Waals surface area contributed by atoms with Crippen LogP contribution in [0.25, 0.3) is 23.0 Å². The molecule has 0 radical (unpaired) electrons. The fourth-order valence-electron chi connectivity index (χ4n) is 1.79. The van der Waals surface area contributed by atoms with Gasteiger partial charge in [0.1, 0.15) is 11.8 Å². The van der Waals surface area contributed by atoms with Gasteiger partial charge in [-0.1, -0.05) is 0 Å². The molecule has 0 atom stereocenters. The predicted octanol–water partition coefficient (Wildman–Crippen LogP) is 2.37. The molecule has 1 N–H and O–H groups in total. The van der Waals surface area contributed by atoms with Crippen LogP contribution in [0.4, 0.5) is 0 Å². The number of nitriles is 1. The second kappa shape index (κ2) is 5.46. The lowest BCUT2D eigenvalue weighted by Gasteiger charge is -1.96. The lowest BCUT2D eigenvalue weighted by molar-refractivity contribution is 0.0697. The summed E-state index contributed by atoms with van der Waals surface area (Å²) < 4.78 is 5.51. The van der Waals surface area contributed by atoms with Crippen LogP contribution in [0.5, 0.6) is 0 Å². The van der Waals surface area contributed by atoms with Crippen LogP contribution in [-0.4, -0.2) is 26.3 Å². The lowest BCUT2D eigenvalue weighted by atomic mass is 10.1. The third kappa shape index (κ3) is 2.53. The van der Waals surface area contributed by atoms with Crippen LogP contribution in [0.15, 0.2) is 47.0 Å². The molecule has 0 amide bonds. The SMILES string of the molecule is N#Cc1ccc(-c2nnc(-c3ccc(C(=O)O)cc3)o2)nc1. The van der Waals surface area contributed by atoms with E-state index in [2.05, 4.69) is 15.2 Å². The van der Waals surface area contributed by atoms with Gasteiger partial charge in [-0.15, -0.1) is 10.2 Å². The van der Waals surface area contributed by atoms with Crippen molar-refractivity contribution in [3.05, 3.63) is 53.7 Å². The molecule has 106 valence electrons. The quantitative estimate of drug-likeness (QED) is 0.788. The van der Waals surface area contributed by atoms with Gasteiger partial charge < -0.3 is 9.52 Å². The summed E-state index contributed by atoms with van der Waals surface area (Å²) >= 11 is 0. The second-order valence-corrected chi connectivity index (χ2v) is 4.34. The van der Waals surface area contributed by atoms with Crippen LogP contribution in [0.1, 0.15) is 15.9 Å². The van der Waals surface area contributed by atoms with Crippen molar-refractivity contribution in [3.63, 3.8) is 0 Å². The molecule has 0 unspecified atom stereocenters. The molecule has 0 saturated heterocycles. The highest BCUT2D eigenvalue weighted by Crippen LogP contribution is 2.23. The van der Waals surface area contributed by atoms with Gasteiger partial charge in [0, 0.05) is 11.8 Å². The summed E-state index contributed by atoms with van der Waals surface area (Å²) in [7, 11) is 0. The Kier molecular flexibility index (Phi) is 3.34. The maximum atomic E-state index is 10.8. The first-order chi connectivity index (χ1) is 10.7. The summed E-state index contributed by atoms with van der Waals surface area (Å²) in [6.07, 6.45) is 1.42.